The van der Waals surface area contributed by atoms with Crippen molar-refractivity contribution in [3.63, 3.8) is 0 Å². The fraction of sp³-hybridized carbons (Fsp3) is 0.286. The molecule has 154 valence electrons. The third-order valence-corrected chi connectivity index (χ3v) is 4.81. The van der Waals surface area contributed by atoms with E-state index < -0.39 is 23.9 Å². The van der Waals surface area contributed by atoms with Gasteiger partial charge in [0, 0.05) is 11.0 Å². The molecule has 4 N–H and O–H groups in total. The van der Waals surface area contributed by atoms with Gasteiger partial charge in [0.2, 0.25) is 5.91 Å². The normalized spacial score (nSPS) is 11.7. The number of rotatable bonds is 8. The number of hydrogen-bond donors (Lipinski definition) is 3. The summed E-state index contributed by atoms with van der Waals surface area (Å²) in [6, 6.07) is 12.9. The number of carbonyl (C=O) groups excluding carboxylic acids is 2. The molecule has 2 rings (SSSR count). The molecule has 0 aliphatic rings. The summed E-state index contributed by atoms with van der Waals surface area (Å²) in [6.45, 7) is 3.90. The van der Waals surface area contributed by atoms with Crippen LogP contribution in [0.25, 0.3) is 0 Å². The molecule has 0 fully saturated rings. The van der Waals surface area contributed by atoms with Gasteiger partial charge in [0.15, 0.2) is 0 Å². The van der Waals surface area contributed by atoms with Crippen molar-refractivity contribution >= 4 is 39.5 Å². The Bertz CT molecular complexity index is 887. The Morgan fingerprint density at radius 3 is 2.34 bits per heavy atom. The molecule has 0 spiro atoms. The van der Waals surface area contributed by atoms with Crippen molar-refractivity contribution in [2.45, 2.75) is 32.9 Å². The molecule has 0 aromatic heterocycles. The third kappa shape index (κ3) is 6.32. The molecule has 29 heavy (non-hydrogen) atoms. The summed E-state index contributed by atoms with van der Waals surface area (Å²) in [5.41, 5.74) is 6.57. The highest BCUT2D eigenvalue weighted by Gasteiger charge is 2.31. The number of hydrogen-bond acceptors (Lipinski definition) is 3. The van der Waals surface area contributed by atoms with E-state index in [9.17, 15) is 19.5 Å². The van der Waals surface area contributed by atoms with Crippen molar-refractivity contribution in [3.8, 4) is 0 Å². The number of anilines is 1. The average Bonchev–Trinajstić information content (AvgIpc) is 2.66. The summed E-state index contributed by atoms with van der Waals surface area (Å²) in [4.78, 5) is 37.9. The van der Waals surface area contributed by atoms with Gasteiger partial charge in [0.25, 0.3) is 5.91 Å². The van der Waals surface area contributed by atoms with E-state index in [0.717, 1.165) is 10.5 Å². The minimum atomic E-state index is -1.19. The van der Waals surface area contributed by atoms with Crippen LogP contribution < -0.4 is 11.1 Å². The lowest BCUT2D eigenvalue weighted by Gasteiger charge is -2.30. The summed E-state index contributed by atoms with van der Waals surface area (Å²) in [7, 11) is 0. The molecule has 0 saturated carbocycles. The minimum Gasteiger partial charge on any atom is -0.465 e. The first-order valence-corrected chi connectivity index (χ1v) is 9.92. The second-order valence-electron chi connectivity index (χ2n) is 7.08. The molecule has 0 bridgehead atoms. The van der Waals surface area contributed by atoms with Crippen molar-refractivity contribution in [2.75, 3.05) is 5.32 Å². The van der Waals surface area contributed by atoms with Gasteiger partial charge in [-0.05, 0) is 36.1 Å². The molecule has 2 aromatic rings. The lowest BCUT2D eigenvalue weighted by Crippen LogP contribution is -2.47. The van der Waals surface area contributed by atoms with Crippen LogP contribution in [0.1, 0.15) is 36.2 Å². The van der Waals surface area contributed by atoms with Crippen LogP contribution in [0.15, 0.2) is 53.0 Å². The molecule has 3 amide bonds. The zero-order chi connectivity index (χ0) is 21.6. The van der Waals surface area contributed by atoms with Gasteiger partial charge in [-0.15, -0.1) is 0 Å². The van der Waals surface area contributed by atoms with Gasteiger partial charge in [-0.2, -0.15) is 0 Å². The topological polar surface area (TPSA) is 113 Å². The highest BCUT2D eigenvalue weighted by molar-refractivity contribution is 9.10. The summed E-state index contributed by atoms with van der Waals surface area (Å²) >= 11 is 3.27. The van der Waals surface area contributed by atoms with Crippen molar-refractivity contribution < 1.29 is 19.5 Å². The van der Waals surface area contributed by atoms with E-state index in [1.54, 1.807) is 24.3 Å². The molecular weight excluding hydrogens is 438 g/mol. The maximum absolute atomic E-state index is 13.1. The Morgan fingerprint density at radius 2 is 1.79 bits per heavy atom. The average molecular weight is 462 g/mol. The summed E-state index contributed by atoms with van der Waals surface area (Å²) in [5.74, 6) is -1.13. The van der Waals surface area contributed by atoms with Crippen LogP contribution in [0.5, 0.6) is 0 Å². The van der Waals surface area contributed by atoms with Crippen LogP contribution in [-0.4, -0.2) is 34.0 Å². The molecule has 8 heteroatoms. The molecule has 1 unspecified atom stereocenters. The number of amides is 3. The number of carbonyl (C=O) groups is 3. The van der Waals surface area contributed by atoms with Gasteiger partial charge < -0.3 is 16.2 Å². The molecular formula is C21H24BrN3O4. The lowest BCUT2D eigenvalue weighted by atomic mass is 10.0. The Morgan fingerprint density at radius 1 is 1.14 bits per heavy atom. The minimum absolute atomic E-state index is 0.0731. The van der Waals surface area contributed by atoms with Crippen molar-refractivity contribution in [1.29, 1.82) is 0 Å². The molecule has 2 aromatic carbocycles. The standard InChI is InChI=1S/C21H24BrN3O4/c1-13(2)10-18(25(21(28)29)12-14-6-4-3-5-7-14)20(27)24-17-9-8-15(22)11-16(17)19(23)26/h3-9,11,13,18H,10,12H2,1-2H3,(H2,23,26)(H,24,27)(H,28,29). The molecule has 0 heterocycles. The van der Waals surface area contributed by atoms with E-state index in [0.29, 0.717) is 10.9 Å². The maximum atomic E-state index is 13.1. The van der Waals surface area contributed by atoms with Crippen LogP contribution >= 0.6 is 15.9 Å². The number of carboxylic acid groups (broad SMARTS) is 1. The van der Waals surface area contributed by atoms with Gasteiger partial charge in [0.1, 0.15) is 6.04 Å². The van der Waals surface area contributed by atoms with E-state index in [1.165, 1.54) is 6.07 Å². The second kappa shape index (κ2) is 10.1. The molecule has 7 nitrogen and oxygen atoms in total. The predicted octanol–water partition coefficient (Wildman–Crippen LogP) is 4.08. The monoisotopic (exact) mass is 461 g/mol. The fourth-order valence-electron chi connectivity index (χ4n) is 2.96. The Labute approximate surface area is 178 Å². The van der Waals surface area contributed by atoms with Crippen molar-refractivity contribution in [1.82, 2.24) is 4.90 Å². The van der Waals surface area contributed by atoms with Gasteiger partial charge in [0.05, 0.1) is 11.3 Å². The first kappa shape index (κ1) is 22.4. The van der Waals surface area contributed by atoms with Crippen molar-refractivity contribution in [3.05, 3.63) is 64.1 Å². The quantitative estimate of drug-likeness (QED) is 0.549. The van der Waals surface area contributed by atoms with E-state index in [2.05, 4.69) is 21.2 Å². The van der Waals surface area contributed by atoms with Crippen LogP contribution in [0, 0.1) is 5.92 Å². The van der Waals surface area contributed by atoms with E-state index in [1.807, 2.05) is 32.0 Å². The van der Waals surface area contributed by atoms with Gasteiger partial charge in [-0.25, -0.2) is 4.79 Å². The number of benzene rings is 2. The van der Waals surface area contributed by atoms with E-state index >= 15 is 0 Å². The van der Waals surface area contributed by atoms with E-state index in [4.69, 9.17) is 5.73 Å². The Balaban J connectivity index is 2.33. The first-order valence-electron chi connectivity index (χ1n) is 9.12. The van der Waals surface area contributed by atoms with Gasteiger partial charge >= 0.3 is 6.09 Å². The summed E-state index contributed by atoms with van der Waals surface area (Å²) < 4.78 is 0.638. The SMILES string of the molecule is CC(C)CC(C(=O)Nc1ccc(Br)cc1C(N)=O)N(Cc1ccccc1)C(=O)O. The van der Waals surface area contributed by atoms with Crippen LogP contribution in [0.2, 0.25) is 0 Å². The highest BCUT2D eigenvalue weighted by atomic mass is 79.9. The zero-order valence-electron chi connectivity index (χ0n) is 16.3. The fourth-order valence-corrected chi connectivity index (χ4v) is 3.32. The molecule has 1 atom stereocenters. The van der Waals surface area contributed by atoms with Gasteiger partial charge in [-0.3, -0.25) is 14.5 Å². The summed E-state index contributed by atoms with van der Waals surface area (Å²) in [5, 5.41) is 12.5. The summed E-state index contributed by atoms with van der Waals surface area (Å²) in [6.07, 6.45) is -0.867. The molecule has 0 saturated heterocycles. The smallest absolute Gasteiger partial charge is 0.408 e. The number of nitrogens with two attached hydrogens (primary N) is 1. The number of halogens is 1. The van der Waals surface area contributed by atoms with Crippen LogP contribution in [0.3, 0.4) is 0 Å². The number of primary amides is 1. The maximum Gasteiger partial charge on any atom is 0.408 e. The Kier molecular flexibility index (Phi) is 7.78. The third-order valence-electron chi connectivity index (χ3n) is 4.32. The van der Waals surface area contributed by atoms with Crippen molar-refractivity contribution in [2.24, 2.45) is 11.7 Å². The Hall–Kier alpha value is -2.87. The largest absolute Gasteiger partial charge is 0.465 e. The lowest BCUT2D eigenvalue weighted by molar-refractivity contribution is -0.121. The first-order chi connectivity index (χ1) is 13.7. The molecule has 0 aliphatic carbocycles. The number of nitrogens with zero attached hydrogens (tertiary/aromatic N) is 1. The molecule has 0 aliphatic heterocycles. The van der Waals surface area contributed by atoms with Crippen LogP contribution in [-0.2, 0) is 11.3 Å². The number of nitrogens with one attached hydrogen (secondary N) is 1. The molecule has 0 radical (unpaired) electrons. The van der Waals surface area contributed by atoms with E-state index in [-0.39, 0.29) is 23.7 Å². The predicted molar refractivity (Wildman–Crippen MR) is 115 cm³/mol. The highest BCUT2D eigenvalue weighted by Crippen LogP contribution is 2.23. The van der Waals surface area contributed by atoms with Crippen LogP contribution in [0.4, 0.5) is 10.5 Å². The van der Waals surface area contributed by atoms with Gasteiger partial charge in [-0.1, -0.05) is 60.1 Å². The zero-order valence-corrected chi connectivity index (χ0v) is 17.8. The second-order valence-corrected chi connectivity index (χ2v) is 8.00.